The van der Waals surface area contributed by atoms with Crippen molar-refractivity contribution in [2.45, 2.75) is 0 Å². The van der Waals surface area contributed by atoms with Crippen molar-refractivity contribution in [1.29, 1.82) is 0 Å². The summed E-state index contributed by atoms with van der Waals surface area (Å²) >= 11 is 0. The third-order valence-corrected chi connectivity index (χ3v) is 14.0. The van der Waals surface area contributed by atoms with Crippen molar-refractivity contribution in [2.75, 3.05) is 0 Å². The number of furan rings is 1. The highest BCUT2D eigenvalue weighted by Gasteiger charge is 2.32. The molecule has 13 rings (SSSR count). The molecule has 0 fully saturated rings. The Balaban J connectivity index is 1.31. The molecule has 0 saturated heterocycles. The van der Waals surface area contributed by atoms with Gasteiger partial charge in [0.05, 0.1) is 0 Å². The molecule has 0 aliphatic heterocycles. The van der Waals surface area contributed by atoms with Gasteiger partial charge in [0.1, 0.15) is 22.6 Å². The van der Waals surface area contributed by atoms with Gasteiger partial charge in [0.15, 0.2) is 0 Å². The molecule has 0 spiro atoms. The zero-order valence-corrected chi connectivity index (χ0v) is 39.7. The average Bonchev–Trinajstić information content (AvgIpc) is 3.87. The lowest BCUT2D eigenvalue weighted by Crippen LogP contribution is -2.06. The zero-order valence-electron chi connectivity index (χ0n) is 39.7. The summed E-state index contributed by atoms with van der Waals surface area (Å²) in [5.41, 5.74) is 21.6. The molecule has 0 atom stereocenters. The smallest absolute Gasteiger partial charge is 0.136 e. The number of rotatable bonds is 10. The third-order valence-electron chi connectivity index (χ3n) is 14.0. The van der Waals surface area contributed by atoms with Crippen LogP contribution >= 0.6 is 0 Å². The van der Waals surface area contributed by atoms with E-state index in [1.807, 2.05) is 12.1 Å². The number of benzene rings is 11. The van der Waals surface area contributed by atoms with Crippen LogP contribution in [0, 0.1) is 0 Å². The van der Waals surface area contributed by atoms with Gasteiger partial charge in [-0.1, -0.05) is 255 Å². The quantitative estimate of drug-likeness (QED) is 0.137. The molecule has 342 valence electrons. The summed E-state index contributed by atoms with van der Waals surface area (Å²) in [6.07, 6.45) is 0. The fourth-order valence-electron chi connectivity index (χ4n) is 10.8. The summed E-state index contributed by atoms with van der Waals surface area (Å²) in [5.74, 6) is 0. The zero-order chi connectivity index (χ0) is 48.5. The van der Waals surface area contributed by atoms with Crippen LogP contribution in [0.25, 0.3) is 133 Å². The van der Waals surface area contributed by atoms with Gasteiger partial charge < -0.3 is 4.42 Å². The van der Waals surface area contributed by atoms with Crippen LogP contribution in [0.2, 0.25) is 0 Å². The summed E-state index contributed by atoms with van der Waals surface area (Å²) in [6, 6.07) is 96.8. The number of para-hydroxylation sites is 1. The van der Waals surface area contributed by atoms with E-state index < -0.39 is 0 Å². The van der Waals surface area contributed by atoms with Crippen molar-refractivity contribution in [3.63, 3.8) is 0 Å². The van der Waals surface area contributed by atoms with Crippen LogP contribution < -0.4 is 0 Å². The number of aromatic nitrogens is 3. The molecule has 0 radical (unpaired) electrons. The lowest BCUT2D eigenvalue weighted by molar-refractivity contribution is 0.669. The van der Waals surface area contributed by atoms with E-state index in [2.05, 4.69) is 261 Å². The Morgan fingerprint density at radius 2 is 0.616 bits per heavy atom. The van der Waals surface area contributed by atoms with Crippen molar-refractivity contribution in [3.8, 4) is 112 Å². The molecule has 13 aromatic rings. The second kappa shape index (κ2) is 18.9. The van der Waals surface area contributed by atoms with E-state index in [1.165, 1.54) is 0 Å². The SMILES string of the molecule is c1ccc(-c2ccccc2-c2cc(-c3ccccc3)c(-c3ccccc3-c3ccccc3)c(-c3nnnc(-c4ccccc4)c3-c3ccccc3-c3ccccc3)c2-c2cccc3oc4ccccc4c23)cc1. The standard InChI is InChI=1S/C69H45N3O/c1-6-25-46(26-7-1)51-35-16-19-38-54(51)60-45-59(49-31-12-4-13-32-49)64(55-39-20-17-36-52(55)47-27-8-2-9-28-47)67(65(60)58-42-24-44-62-63(58)57-41-22-23-43-61(57)73-62)69-66(68(70-72-71-69)50-33-14-5-15-34-50)56-40-21-18-37-53(56)48-29-10-3-11-30-48/h1-45H. The molecule has 73 heavy (non-hydrogen) atoms. The van der Waals surface area contributed by atoms with Gasteiger partial charge >= 0.3 is 0 Å². The second-order valence-corrected chi connectivity index (χ2v) is 18.2. The van der Waals surface area contributed by atoms with Crippen LogP contribution in [0.1, 0.15) is 0 Å². The Morgan fingerprint density at radius 1 is 0.233 bits per heavy atom. The highest BCUT2D eigenvalue weighted by molar-refractivity contribution is 6.20. The summed E-state index contributed by atoms with van der Waals surface area (Å²) in [5, 5.41) is 17.3. The summed E-state index contributed by atoms with van der Waals surface area (Å²) in [7, 11) is 0. The lowest BCUT2D eigenvalue weighted by atomic mass is 9.76. The predicted molar refractivity (Wildman–Crippen MR) is 301 cm³/mol. The minimum atomic E-state index is 0.700. The molecule has 0 saturated carbocycles. The highest BCUT2D eigenvalue weighted by Crippen LogP contribution is 2.56. The first-order valence-corrected chi connectivity index (χ1v) is 24.7. The van der Waals surface area contributed by atoms with Crippen LogP contribution in [0.5, 0.6) is 0 Å². The molecule has 0 amide bonds. The fraction of sp³-hybridized carbons (Fsp3) is 0. The van der Waals surface area contributed by atoms with E-state index in [0.29, 0.717) is 5.69 Å². The van der Waals surface area contributed by atoms with Crippen LogP contribution in [-0.4, -0.2) is 15.4 Å². The summed E-state index contributed by atoms with van der Waals surface area (Å²) < 4.78 is 6.78. The van der Waals surface area contributed by atoms with Gasteiger partial charge in [0, 0.05) is 38.6 Å². The number of hydrogen-bond acceptors (Lipinski definition) is 4. The maximum Gasteiger partial charge on any atom is 0.136 e. The molecular formula is C69H45N3O. The second-order valence-electron chi connectivity index (χ2n) is 18.2. The first-order valence-electron chi connectivity index (χ1n) is 24.7. The van der Waals surface area contributed by atoms with Crippen LogP contribution in [0.4, 0.5) is 0 Å². The molecule has 0 N–H and O–H groups in total. The molecule has 0 bridgehead atoms. The van der Waals surface area contributed by atoms with Crippen LogP contribution in [0.15, 0.2) is 277 Å². The maximum absolute atomic E-state index is 6.78. The van der Waals surface area contributed by atoms with E-state index in [-0.39, 0.29) is 0 Å². The molecule has 0 unspecified atom stereocenters. The first-order chi connectivity index (χ1) is 36.3. The highest BCUT2D eigenvalue weighted by atomic mass is 16.3. The molecule has 2 heterocycles. The Bertz CT molecular complexity index is 4110. The van der Waals surface area contributed by atoms with Crippen molar-refractivity contribution in [2.24, 2.45) is 0 Å². The van der Waals surface area contributed by atoms with Gasteiger partial charge in [0.25, 0.3) is 0 Å². The van der Waals surface area contributed by atoms with Crippen LogP contribution in [-0.2, 0) is 0 Å². The maximum atomic E-state index is 6.78. The number of fused-ring (bicyclic) bond motifs is 3. The van der Waals surface area contributed by atoms with Gasteiger partial charge in [-0.3, -0.25) is 0 Å². The molecule has 4 nitrogen and oxygen atoms in total. The van der Waals surface area contributed by atoms with Gasteiger partial charge in [-0.15, -0.1) is 10.2 Å². The van der Waals surface area contributed by atoms with E-state index in [1.54, 1.807) is 0 Å². The molecule has 2 aromatic heterocycles. The van der Waals surface area contributed by atoms with E-state index >= 15 is 0 Å². The Labute approximate surface area is 424 Å². The van der Waals surface area contributed by atoms with Gasteiger partial charge in [-0.25, -0.2) is 0 Å². The van der Waals surface area contributed by atoms with Crippen molar-refractivity contribution >= 4 is 21.9 Å². The van der Waals surface area contributed by atoms with Gasteiger partial charge in [-0.2, -0.15) is 0 Å². The van der Waals surface area contributed by atoms with Crippen molar-refractivity contribution in [1.82, 2.24) is 15.4 Å². The summed E-state index contributed by atoms with van der Waals surface area (Å²) in [4.78, 5) is 0. The minimum Gasteiger partial charge on any atom is -0.456 e. The largest absolute Gasteiger partial charge is 0.456 e. The molecule has 0 aliphatic carbocycles. The van der Waals surface area contributed by atoms with Crippen LogP contribution in [0.3, 0.4) is 0 Å². The molecule has 11 aromatic carbocycles. The topological polar surface area (TPSA) is 51.8 Å². The van der Waals surface area contributed by atoms with E-state index in [9.17, 15) is 0 Å². The first kappa shape index (κ1) is 43.3. The molecular weight excluding hydrogens is 887 g/mol. The van der Waals surface area contributed by atoms with Crippen molar-refractivity contribution < 1.29 is 4.42 Å². The minimum absolute atomic E-state index is 0.700. The average molecular weight is 932 g/mol. The Kier molecular flexibility index (Phi) is 11.2. The Hall–Kier alpha value is -9.77. The van der Waals surface area contributed by atoms with E-state index in [0.717, 1.165) is 128 Å². The molecule has 0 aliphatic rings. The number of nitrogens with zero attached hydrogens (tertiary/aromatic N) is 3. The number of hydrogen-bond donors (Lipinski definition) is 0. The lowest BCUT2D eigenvalue weighted by Gasteiger charge is -2.27. The Morgan fingerprint density at radius 3 is 1.18 bits per heavy atom. The molecule has 4 heteroatoms. The fourth-order valence-corrected chi connectivity index (χ4v) is 10.8. The normalized spacial score (nSPS) is 11.3. The summed E-state index contributed by atoms with van der Waals surface area (Å²) in [6.45, 7) is 0. The van der Waals surface area contributed by atoms with Gasteiger partial charge in [0.2, 0.25) is 0 Å². The van der Waals surface area contributed by atoms with Crippen molar-refractivity contribution in [3.05, 3.63) is 273 Å². The monoisotopic (exact) mass is 931 g/mol. The predicted octanol–water partition coefficient (Wildman–Crippen LogP) is 18.4. The van der Waals surface area contributed by atoms with E-state index in [4.69, 9.17) is 19.8 Å². The van der Waals surface area contributed by atoms with Gasteiger partial charge in [-0.05, 0) is 95.7 Å². The third kappa shape index (κ3) is 7.79.